The minimum absolute atomic E-state index is 0.0155. The van der Waals surface area contributed by atoms with Crippen molar-refractivity contribution in [2.75, 3.05) is 7.11 Å². The normalized spacial score (nSPS) is 10.6. The lowest BCUT2D eigenvalue weighted by atomic mass is 10.1. The molecule has 0 spiro atoms. The van der Waals surface area contributed by atoms with Crippen molar-refractivity contribution < 1.29 is 4.74 Å². The molecule has 0 aliphatic heterocycles. The molecule has 1 aromatic carbocycles. The number of benzene rings is 1. The van der Waals surface area contributed by atoms with Gasteiger partial charge in [0.25, 0.3) is 5.56 Å². The van der Waals surface area contributed by atoms with Gasteiger partial charge in [-0.3, -0.25) is 4.79 Å². The number of halogens is 1. The van der Waals surface area contributed by atoms with E-state index in [2.05, 4.69) is 15.9 Å². The van der Waals surface area contributed by atoms with Crippen LogP contribution in [0.1, 0.15) is 0 Å². The Morgan fingerprint density at radius 2 is 2.13 bits per heavy atom. The van der Waals surface area contributed by atoms with Crippen LogP contribution in [0.4, 0.5) is 0 Å². The first kappa shape index (κ1) is 10.2. The molecule has 0 radical (unpaired) electrons. The summed E-state index contributed by atoms with van der Waals surface area (Å²) in [5.41, 5.74) is -0.0155. The minimum Gasteiger partial charge on any atom is -0.496 e. The fraction of sp³-hybridized carbons (Fsp3) is 0.182. The van der Waals surface area contributed by atoms with Crippen LogP contribution in [0.2, 0.25) is 0 Å². The Morgan fingerprint density at radius 1 is 1.40 bits per heavy atom. The number of hydrogen-bond acceptors (Lipinski definition) is 2. The number of methoxy groups -OCH3 is 1. The second-order valence-corrected chi connectivity index (χ2v) is 4.16. The maximum Gasteiger partial charge on any atom is 0.258 e. The topological polar surface area (TPSA) is 31.2 Å². The molecule has 0 aliphatic rings. The number of fused-ring (bicyclic) bond motifs is 1. The van der Waals surface area contributed by atoms with Crippen molar-refractivity contribution in [3.8, 4) is 5.75 Å². The third-order valence-electron chi connectivity index (χ3n) is 2.35. The zero-order chi connectivity index (χ0) is 11.0. The minimum atomic E-state index is -0.0155. The van der Waals surface area contributed by atoms with Crippen molar-refractivity contribution in [3.05, 3.63) is 39.2 Å². The van der Waals surface area contributed by atoms with Crippen LogP contribution in [0, 0.1) is 0 Å². The van der Waals surface area contributed by atoms with E-state index in [-0.39, 0.29) is 5.56 Å². The first-order valence-electron chi connectivity index (χ1n) is 4.46. The first-order valence-corrected chi connectivity index (χ1v) is 5.25. The van der Waals surface area contributed by atoms with Crippen LogP contribution in [-0.4, -0.2) is 11.7 Å². The fourth-order valence-electron chi connectivity index (χ4n) is 1.50. The Bertz CT molecular complexity index is 575. The highest BCUT2D eigenvalue weighted by molar-refractivity contribution is 9.10. The smallest absolute Gasteiger partial charge is 0.258 e. The molecule has 78 valence electrons. The van der Waals surface area contributed by atoms with Gasteiger partial charge in [-0.15, -0.1) is 0 Å². The first-order chi connectivity index (χ1) is 7.13. The molecule has 0 bridgehead atoms. The van der Waals surface area contributed by atoms with Crippen LogP contribution in [-0.2, 0) is 7.05 Å². The largest absolute Gasteiger partial charge is 0.496 e. The Hall–Kier alpha value is -1.29. The molecule has 1 aromatic heterocycles. The molecule has 4 heteroatoms. The number of rotatable bonds is 1. The SMILES string of the molecule is COc1cc2c(=O)n(C)ccc2cc1Br. The highest BCUT2D eigenvalue weighted by atomic mass is 79.9. The quantitative estimate of drug-likeness (QED) is 0.794. The summed E-state index contributed by atoms with van der Waals surface area (Å²) in [6, 6.07) is 5.54. The Labute approximate surface area is 95.4 Å². The summed E-state index contributed by atoms with van der Waals surface area (Å²) >= 11 is 3.39. The highest BCUT2D eigenvalue weighted by Crippen LogP contribution is 2.28. The molecule has 0 aliphatic carbocycles. The predicted octanol–water partition coefficient (Wildman–Crippen LogP) is 2.31. The summed E-state index contributed by atoms with van der Waals surface area (Å²) in [5, 5.41) is 1.57. The highest BCUT2D eigenvalue weighted by Gasteiger charge is 2.06. The van der Waals surface area contributed by atoms with E-state index >= 15 is 0 Å². The summed E-state index contributed by atoms with van der Waals surface area (Å²) in [6.07, 6.45) is 1.75. The maximum atomic E-state index is 11.8. The van der Waals surface area contributed by atoms with Crippen LogP contribution in [0.25, 0.3) is 10.8 Å². The van der Waals surface area contributed by atoms with Crippen LogP contribution in [0.3, 0.4) is 0 Å². The van der Waals surface area contributed by atoms with Gasteiger partial charge in [-0.25, -0.2) is 0 Å². The molecule has 0 amide bonds. The lowest BCUT2D eigenvalue weighted by Crippen LogP contribution is -2.15. The van der Waals surface area contributed by atoms with Crippen molar-refractivity contribution in [3.63, 3.8) is 0 Å². The molecule has 1 heterocycles. The molecular formula is C11H10BrNO2. The average Bonchev–Trinajstić information content (AvgIpc) is 2.23. The van der Waals surface area contributed by atoms with Gasteiger partial charge >= 0.3 is 0 Å². The van der Waals surface area contributed by atoms with Crippen LogP contribution >= 0.6 is 15.9 Å². The van der Waals surface area contributed by atoms with Gasteiger partial charge in [0.05, 0.1) is 17.0 Å². The van der Waals surface area contributed by atoms with Crippen molar-refractivity contribution >= 4 is 26.7 Å². The zero-order valence-electron chi connectivity index (χ0n) is 8.45. The number of aryl methyl sites for hydroxylation is 1. The summed E-state index contributed by atoms with van der Waals surface area (Å²) in [7, 11) is 3.32. The molecule has 0 saturated carbocycles. The molecule has 0 unspecified atom stereocenters. The molecule has 0 atom stereocenters. The Balaban J connectivity index is 2.89. The number of ether oxygens (including phenoxy) is 1. The van der Waals surface area contributed by atoms with E-state index in [0.717, 1.165) is 9.86 Å². The van der Waals surface area contributed by atoms with Gasteiger partial charge in [-0.2, -0.15) is 0 Å². The van der Waals surface area contributed by atoms with Crippen LogP contribution in [0.5, 0.6) is 5.75 Å². The maximum absolute atomic E-state index is 11.8. The number of aromatic nitrogens is 1. The molecule has 2 rings (SSSR count). The van der Waals surface area contributed by atoms with E-state index in [9.17, 15) is 4.79 Å². The number of pyridine rings is 1. The summed E-state index contributed by atoms with van der Waals surface area (Å²) < 4.78 is 7.56. The number of hydrogen-bond donors (Lipinski definition) is 0. The van der Waals surface area contributed by atoms with E-state index in [1.54, 1.807) is 31.0 Å². The van der Waals surface area contributed by atoms with Crippen LogP contribution < -0.4 is 10.3 Å². The van der Waals surface area contributed by atoms with Gasteiger partial charge < -0.3 is 9.30 Å². The molecule has 0 N–H and O–H groups in total. The summed E-state index contributed by atoms with van der Waals surface area (Å²) in [4.78, 5) is 11.8. The third kappa shape index (κ3) is 1.65. The van der Waals surface area contributed by atoms with Gasteiger partial charge in [0.2, 0.25) is 0 Å². The fourth-order valence-corrected chi connectivity index (χ4v) is 2.02. The van der Waals surface area contributed by atoms with Gasteiger partial charge in [0.1, 0.15) is 5.75 Å². The zero-order valence-corrected chi connectivity index (χ0v) is 10.0. The van der Waals surface area contributed by atoms with Gasteiger partial charge in [-0.1, -0.05) is 0 Å². The van der Waals surface area contributed by atoms with Crippen molar-refractivity contribution in [2.45, 2.75) is 0 Å². The molecule has 2 aromatic rings. The molecule has 15 heavy (non-hydrogen) atoms. The second kappa shape index (κ2) is 3.70. The van der Waals surface area contributed by atoms with E-state index < -0.39 is 0 Å². The van der Waals surface area contributed by atoms with E-state index in [1.165, 1.54) is 0 Å². The number of nitrogens with zero attached hydrogens (tertiary/aromatic N) is 1. The van der Waals surface area contributed by atoms with Crippen molar-refractivity contribution in [1.82, 2.24) is 4.57 Å². The van der Waals surface area contributed by atoms with Gasteiger partial charge in [0, 0.05) is 13.2 Å². The summed E-state index contributed by atoms with van der Waals surface area (Å²) in [6.45, 7) is 0. The Kier molecular flexibility index (Phi) is 2.52. The lowest BCUT2D eigenvalue weighted by molar-refractivity contribution is 0.413. The standard InChI is InChI=1S/C11H10BrNO2/c1-13-4-3-7-5-9(12)10(15-2)6-8(7)11(13)14/h3-6H,1-2H3. The lowest BCUT2D eigenvalue weighted by Gasteiger charge is -2.06. The molecule has 0 fully saturated rings. The average molecular weight is 268 g/mol. The second-order valence-electron chi connectivity index (χ2n) is 3.31. The third-order valence-corrected chi connectivity index (χ3v) is 2.97. The predicted molar refractivity (Wildman–Crippen MR) is 63.4 cm³/mol. The molecular weight excluding hydrogens is 258 g/mol. The van der Waals surface area contributed by atoms with Gasteiger partial charge in [0.15, 0.2) is 0 Å². The van der Waals surface area contributed by atoms with E-state index in [0.29, 0.717) is 11.1 Å². The molecule has 0 saturated heterocycles. The van der Waals surface area contributed by atoms with Gasteiger partial charge in [-0.05, 0) is 39.5 Å². The Morgan fingerprint density at radius 3 is 2.80 bits per heavy atom. The van der Waals surface area contributed by atoms with Crippen LogP contribution in [0.15, 0.2) is 33.7 Å². The van der Waals surface area contributed by atoms with E-state index in [1.807, 2.05) is 12.1 Å². The monoisotopic (exact) mass is 267 g/mol. The van der Waals surface area contributed by atoms with E-state index in [4.69, 9.17) is 4.74 Å². The summed E-state index contributed by atoms with van der Waals surface area (Å²) in [5.74, 6) is 0.672. The van der Waals surface area contributed by atoms with Crippen molar-refractivity contribution in [1.29, 1.82) is 0 Å². The van der Waals surface area contributed by atoms with Crippen molar-refractivity contribution in [2.24, 2.45) is 7.05 Å². The molecule has 3 nitrogen and oxygen atoms in total.